The summed E-state index contributed by atoms with van der Waals surface area (Å²) in [6, 6.07) is 4.98. The summed E-state index contributed by atoms with van der Waals surface area (Å²) in [7, 11) is 0. The Morgan fingerprint density at radius 3 is 2.52 bits per heavy atom. The molecule has 1 unspecified atom stereocenters. The predicted molar refractivity (Wildman–Crippen MR) is 126 cm³/mol. The normalized spacial score (nSPS) is 14.6. The molecule has 0 saturated heterocycles. The molecule has 0 amide bonds. The second-order valence-corrected chi connectivity index (χ2v) is 8.11. The molecule has 2 heteroatoms. The first-order valence-corrected chi connectivity index (χ1v) is 10.8. The lowest BCUT2D eigenvalue weighted by Crippen LogP contribution is -1.99. The van der Waals surface area contributed by atoms with Crippen molar-refractivity contribution in [3.63, 3.8) is 0 Å². The van der Waals surface area contributed by atoms with Gasteiger partial charge in [0.05, 0.1) is 6.61 Å². The first-order chi connectivity index (χ1) is 13.8. The lowest BCUT2D eigenvalue weighted by atomic mass is 9.92. The summed E-state index contributed by atoms with van der Waals surface area (Å²) in [5, 5.41) is 0. The van der Waals surface area contributed by atoms with Crippen molar-refractivity contribution >= 4 is 5.57 Å². The first kappa shape index (κ1) is 25.1. The molecule has 0 radical (unpaired) electrons. The van der Waals surface area contributed by atoms with E-state index in [2.05, 4.69) is 59.4 Å². The van der Waals surface area contributed by atoms with Gasteiger partial charge in [-0.1, -0.05) is 42.4 Å². The lowest BCUT2D eigenvalue weighted by Gasteiger charge is -2.13. The Bertz CT molecular complexity index is 752. The molecule has 0 heterocycles. The quantitative estimate of drug-likeness (QED) is 0.196. The van der Waals surface area contributed by atoms with Crippen LogP contribution in [0.1, 0.15) is 71.4 Å². The molecule has 160 valence electrons. The summed E-state index contributed by atoms with van der Waals surface area (Å²) in [4.78, 5) is 0. The molecule has 0 N–H and O–H groups in total. The summed E-state index contributed by atoms with van der Waals surface area (Å²) in [5.41, 5.74) is 7.08. The van der Waals surface area contributed by atoms with Crippen molar-refractivity contribution in [2.24, 2.45) is 5.92 Å². The fourth-order valence-corrected chi connectivity index (χ4v) is 3.36. The summed E-state index contributed by atoms with van der Waals surface area (Å²) < 4.78 is 19.2. The van der Waals surface area contributed by atoms with E-state index in [1.807, 2.05) is 13.0 Å². The maximum atomic E-state index is 13.7. The number of hydrogen-bond donors (Lipinski definition) is 0. The van der Waals surface area contributed by atoms with E-state index in [4.69, 9.17) is 4.74 Å². The van der Waals surface area contributed by atoms with Gasteiger partial charge in [0, 0.05) is 6.61 Å². The summed E-state index contributed by atoms with van der Waals surface area (Å²) in [6.45, 7) is 18.3. The Balaban J connectivity index is 2.75. The van der Waals surface area contributed by atoms with E-state index < -0.39 is 0 Å². The minimum atomic E-state index is -0.188. The highest BCUT2D eigenvalue weighted by atomic mass is 19.1. The van der Waals surface area contributed by atoms with Crippen molar-refractivity contribution in [2.45, 2.75) is 67.2 Å². The molecule has 1 atom stereocenters. The predicted octanol–water partition coefficient (Wildman–Crippen LogP) is 8.22. The largest absolute Gasteiger partial charge is 0.381 e. The number of aryl methyl sites for hydroxylation is 1. The minimum Gasteiger partial charge on any atom is -0.381 e. The van der Waals surface area contributed by atoms with E-state index in [0.717, 1.165) is 55.6 Å². The average molecular weight is 399 g/mol. The molecule has 0 bridgehead atoms. The van der Waals surface area contributed by atoms with Crippen molar-refractivity contribution in [2.75, 3.05) is 13.2 Å². The zero-order chi connectivity index (χ0) is 21.8. The van der Waals surface area contributed by atoms with Crippen LogP contribution in [-0.2, 0) is 4.74 Å². The Labute approximate surface area is 178 Å². The van der Waals surface area contributed by atoms with Crippen LogP contribution in [0.25, 0.3) is 5.57 Å². The maximum Gasteiger partial charge on any atom is 0.123 e. The third kappa shape index (κ3) is 9.41. The van der Waals surface area contributed by atoms with Crippen LogP contribution in [0.3, 0.4) is 0 Å². The Hall–Kier alpha value is -1.93. The molecule has 1 nitrogen and oxygen atoms in total. The molecule has 0 aliphatic rings. The molecular formula is C27H39FO. The molecule has 1 rings (SSSR count). The molecule has 0 saturated carbocycles. The van der Waals surface area contributed by atoms with E-state index >= 15 is 0 Å². The Kier molecular flexibility index (Phi) is 11.5. The van der Waals surface area contributed by atoms with Crippen LogP contribution in [-0.4, -0.2) is 13.2 Å². The van der Waals surface area contributed by atoms with Crippen LogP contribution in [0.4, 0.5) is 4.39 Å². The van der Waals surface area contributed by atoms with Crippen LogP contribution in [0, 0.1) is 18.7 Å². The van der Waals surface area contributed by atoms with E-state index in [1.165, 1.54) is 22.8 Å². The van der Waals surface area contributed by atoms with E-state index in [9.17, 15) is 4.39 Å². The van der Waals surface area contributed by atoms with Crippen LogP contribution < -0.4 is 0 Å². The van der Waals surface area contributed by atoms with Gasteiger partial charge in [-0.3, -0.25) is 0 Å². The van der Waals surface area contributed by atoms with Crippen LogP contribution in [0.15, 0.2) is 59.7 Å². The number of halogens is 1. The summed E-state index contributed by atoms with van der Waals surface area (Å²) >= 11 is 0. The number of hydrogen-bond acceptors (Lipinski definition) is 1. The van der Waals surface area contributed by atoms with Crippen LogP contribution in [0.5, 0.6) is 0 Å². The van der Waals surface area contributed by atoms with Gasteiger partial charge >= 0.3 is 0 Å². The molecule has 0 aliphatic carbocycles. The van der Waals surface area contributed by atoms with Crippen LogP contribution in [0.2, 0.25) is 0 Å². The van der Waals surface area contributed by atoms with Crippen LogP contribution >= 0.6 is 0 Å². The highest BCUT2D eigenvalue weighted by Gasteiger charge is 2.07. The second-order valence-electron chi connectivity index (χ2n) is 8.11. The number of allylic oxidation sites excluding steroid dienone is 6. The molecule has 0 aromatic heterocycles. The third-order valence-corrected chi connectivity index (χ3v) is 5.33. The molecule has 0 aliphatic heterocycles. The maximum absolute atomic E-state index is 13.7. The van der Waals surface area contributed by atoms with Crippen molar-refractivity contribution in [1.82, 2.24) is 0 Å². The van der Waals surface area contributed by atoms with E-state index in [1.54, 1.807) is 6.07 Å². The van der Waals surface area contributed by atoms with Gasteiger partial charge < -0.3 is 4.74 Å². The van der Waals surface area contributed by atoms with Gasteiger partial charge in [-0.15, -0.1) is 6.58 Å². The van der Waals surface area contributed by atoms with E-state index in [0.29, 0.717) is 5.92 Å². The average Bonchev–Trinajstić information content (AvgIpc) is 2.69. The van der Waals surface area contributed by atoms with Gasteiger partial charge in [-0.25, -0.2) is 4.39 Å². The molecule has 1 aromatic rings. The molecule has 1 aromatic carbocycles. The number of benzene rings is 1. The monoisotopic (exact) mass is 398 g/mol. The van der Waals surface area contributed by atoms with Crippen molar-refractivity contribution in [1.29, 1.82) is 0 Å². The van der Waals surface area contributed by atoms with Gasteiger partial charge in [0.2, 0.25) is 0 Å². The number of ether oxygens (including phenoxy) is 1. The summed E-state index contributed by atoms with van der Waals surface area (Å²) in [6.07, 6.45) is 10.6. The fraction of sp³-hybridized carbons (Fsp3) is 0.481. The second kappa shape index (κ2) is 13.3. The van der Waals surface area contributed by atoms with Crippen molar-refractivity contribution in [3.05, 3.63) is 76.7 Å². The zero-order valence-electron chi connectivity index (χ0n) is 19.3. The molecule has 29 heavy (non-hydrogen) atoms. The third-order valence-electron chi connectivity index (χ3n) is 5.33. The Morgan fingerprint density at radius 1 is 1.14 bits per heavy atom. The highest BCUT2D eigenvalue weighted by molar-refractivity contribution is 5.71. The van der Waals surface area contributed by atoms with Crippen molar-refractivity contribution in [3.8, 4) is 0 Å². The smallest absolute Gasteiger partial charge is 0.123 e. The van der Waals surface area contributed by atoms with Gasteiger partial charge in [-0.2, -0.15) is 0 Å². The fourth-order valence-electron chi connectivity index (χ4n) is 3.36. The van der Waals surface area contributed by atoms with Gasteiger partial charge in [-0.05, 0) is 101 Å². The van der Waals surface area contributed by atoms with Crippen molar-refractivity contribution < 1.29 is 9.13 Å². The highest BCUT2D eigenvalue weighted by Crippen LogP contribution is 2.26. The zero-order valence-corrected chi connectivity index (χ0v) is 19.3. The minimum absolute atomic E-state index is 0.188. The molecular weight excluding hydrogens is 359 g/mol. The SMILES string of the molecule is C=CC(C/C=C(/C)CCOCCC)C/C(C)=C\C(C)=C(\C)c1cc(F)ccc1C. The van der Waals surface area contributed by atoms with Gasteiger partial charge in [0.15, 0.2) is 0 Å². The lowest BCUT2D eigenvalue weighted by molar-refractivity contribution is 0.138. The standard InChI is InChI=1S/C27H39FO/c1-8-15-29-16-14-20(3)10-12-25(9-2)18-21(4)17-23(6)24(7)27-19-26(28)13-11-22(27)5/h9-11,13,17,19,25H,2,8,12,14-16,18H2,1,3-7H3/b20-10-,21-17-,24-23-. The number of rotatable bonds is 12. The molecule has 0 fully saturated rings. The van der Waals surface area contributed by atoms with E-state index in [-0.39, 0.29) is 5.82 Å². The van der Waals surface area contributed by atoms with Gasteiger partial charge in [0.25, 0.3) is 0 Å². The Morgan fingerprint density at radius 2 is 1.86 bits per heavy atom. The first-order valence-electron chi connectivity index (χ1n) is 10.8. The van der Waals surface area contributed by atoms with Gasteiger partial charge in [0.1, 0.15) is 5.82 Å². The topological polar surface area (TPSA) is 9.23 Å². The molecule has 0 spiro atoms. The summed E-state index contributed by atoms with van der Waals surface area (Å²) in [5.74, 6) is 0.231.